The molecule has 0 aliphatic heterocycles. The van der Waals surface area contributed by atoms with Gasteiger partial charge in [0.05, 0.1) is 15.7 Å². The summed E-state index contributed by atoms with van der Waals surface area (Å²) in [7, 11) is 0. The first-order valence-corrected chi connectivity index (χ1v) is 9.78. The van der Waals surface area contributed by atoms with E-state index in [1.165, 1.54) is 18.3 Å². The summed E-state index contributed by atoms with van der Waals surface area (Å²) in [6.07, 6.45) is 1.54. The van der Waals surface area contributed by atoms with Crippen LogP contribution in [0.3, 0.4) is 0 Å². The predicted molar refractivity (Wildman–Crippen MR) is 111 cm³/mol. The van der Waals surface area contributed by atoms with Crippen LogP contribution in [-0.4, -0.2) is 15.5 Å². The molecule has 0 unspecified atom stereocenters. The first-order chi connectivity index (χ1) is 13.4. The highest BCUT2D eigenvalue weighted by molar-refractivity contribution is 7.22. The van der Waals surface area contributed by atoms with Gasteiger partial charge >= 0.3 is 0 Å². The van der Waals surface area contributed by atoms with E-state index in [9.17, 15) is 14.0 Å². The predicted octanol–water partition coefficient (Wildman–Crippen LogP) is 4.98. The van der Waals surface area contributed by atoms with Crippen LogP contribution in [0, 0.1) is 12.7 Å². The lowest BCUT2D eigenvalue weighted by Crippen LogP contribution is -2.24. The minimum Gasteiger partial charge on any atom is -0.346 e. The van der Waals surface area contributed by atoms with Crippen molar-refractivity contribution in [3.63, 3.8) is 0 Å². The quantitative estimate of drug-likeness (QED) is 0.513. The van der Waals surface area contributed by atoms with Crippen molar-refractivity contribution in [2.24, 2.45) is 0 Å². The van der Waals surface area contributed by atoms with E-state index in [4.69, 9.17) is 11.6 Å². The second-order valence-electron chi connectivity index (χ2n) is 6.31. The standard InChI is InChI=1S/C20H15ClFN3O2S/c1-3-25-9-13(18(26)12-5-6-14(21)10(2)17(12)25)19(27)24-20-23-15-7-4-11(22)8-16(15)28-20/h4-9H,3H2,1-2H3,(H,23,24,27). The third kappa shape index (κ3) is 3.06. The van der Waals surface area contributed by atoms with Gasteiger partial charge in [-0.1, -0.05) is 22.9 Å². The molecule has 2 aromatic carbocycles. The molecular formula is C20H15ClFN3O2S. The zero-order valence-corrected chi connectivity index (χ0v) is 16.6. The van der Waals surface area contributed by atoms with E-state index < -0.39 is 5.91 Å². The van der Waals surface area contributed by atoms with Crippen LogP contribution in [0.15, 0.2) is 41.3 Å². The van der Waals surface area contributed by atoms with Gasteiger partial charge in [-0.3, -0.25) is 14.9 Å². The number of pyridine rings is 1. The number of nitrogens with zero attached hydrogens (tertiary/aromatic N) is 2. The van der Waals surface area contributed by atoms with E-state index in [0.717, 1.165) is 16.9 Å². The Morgan fingerprint density at radius 2 is 2.11 bits per heavy atom. The zero-order valence-electron chi connectivity index (χ0n) is 15.0. The van der Waals surface area contributed by atoms with Gasteiger partial charge in [0.2, 0.25) is 5.43 Å². The molecule has 1 N–H and O–H groups in total. The topological polar surface area (TPSA) is 64.0 Å². The Kier molecular flexibility index (Phi) is 4.64. The Bertz CT molecular complexity index is 1310. The minimum absolute atomic E-state index is 0.0153. The Morgan fingerprint density at radius 1 is 1.32 bits per heavy atom. The first kappa shape index (κ1) is 18.6. The van der Waals surface area contributed by atoms with Crippen molar-refractivity contribution < 1.29 is 9.18 Å². The molecule has 0 aliphatic rings. The summed E-state index contributed by atoms with van der Waals surface area (Å²) >= 11 is 7.35. The van der Waals surface area contributed by atoms with E-state index in [-0.39, 0.29) is 16.8 Å². The highest BCUT2D eigenvalue weighted by Gasteiger charge is 2.18. The van der Waals surface area contributed by atoms with Crippen LogP contribution in [0.5, 0.6) is 0 Å². The van der Waals surface area contributed by atoms with E-state index in [2.05, 4.69) is 10.3 Å². The number of thiazole rings is 1. The number of benzene rings is 2. The van der Waals surface area contributed by atoms with Crippen LogP contribution >= 0.6 is 22.9 Å². The largest absolute Gasteiger partial charge is 0.346 e. The maximum Gasteiger partial charge on any atom is 0.262 e. The number of fused-ring (bicyclic) bond motifs is 2. The summed E-state index contributed by atoms with van der Waals surface area (Å²) in [6.45, 7) is 4.34. The lowest BCUT2D eigenvalue weighted by Gasteiger charge is -2.14. The molecule has 4 rings (SSSR count). The van der Waals surface area contributed by atoms with Crippen molar-refractivity contribution >= 4 is 55.1 Å². The van der Waals surface area contributed by atoms with Crippen LogP contribution in [0.1, 0.15) is 22.8 Å². The van der Waals surface area contributed by atoms with Crippen LogP contribution in [-0.2, 0) is 6.54 Å². The highest BCUT2D eigenvalue weighted by atomic mass is 35.5. The number of hydrogen-bond donors (Lipinski definition) is 1. The molecule has 0 radical (unpaired) electrons. The van der Waals surface area contributed by atoms with Gasteiger partial charge in [-0.15, -0.1) is 0 Å². The Balaban J connectivity index is 1.79. The third-order valence-electron chi connectivity index (χ3n) is 4.58. The van der Waals surface area contributed by atoms with Gasteiger partial charge in [-0.05, 0) is 49.7 Å². The number of hydrogen-bond acceptors (Lipinski definition) is 4. The Labute approximate surface area is 168 Å². The lowest BCUT2D eigenvalue weighted by atomic mass is 10.1. The molecule has 2 heterocycles. The fourth-order valence-electron chi connectivity index (χ4n) is 3.18. The summed E-state index contributed by atoms with van der Waals surface area (Å²) in [6, 6.07) is 7.50. The van der Waals surface area contributed by atoms with E-state index in [0.29, 0.717) is 37.8 Å². The van der Waals surface area contributed by atoms with Crippen LogP contribution in [0.4, 0.5) is 9.52 Å². The molecule has 0 saturated heterocycles. The lowest BCUT2D eigenvalue weighted by molar-refractivity contribution is 0.102. The van der Waals surface area contributed by atoms with Crippen molar-refractivity contribution in [3.05, 3.63) is 68.7 Å². The van der Waals surface area contributed by atoms with Gasteiger partial charge in [0.1, 0.15) is 11.4 Å². The average molecular weight is 416 g/mol. The molecule has 2 aromatic heterocycles. The van der Waals surface area contributed by atoms with Gasteiger partial charge in [0.15, 0.2) is 5.13 Å². The minimum atomic E-state index is -0.554. The van der Waals surface area contributed by atoms with E-state index >= 15 is 0 Å². The first-order valence-electron chi connectivity index (χ1n) is 8.58. The maximum atomic E-state index is 13.4. The zero-order chi connectivity index (χ0) is 20.0. The smallest absolute Gasteiger partial charge is 0.262 e. The fourth-order valence-corrected chi connectivity index (χ4v) is 4.22. The number of halogens is 2. The van der Waals surface area contributed by atoms with Crippen molar-refractivity contribution in [2.45, 2.75) is 20.4 Å². The normalized spacial score (nSPS) is 11.3. The van der Waals surface area contributed by atoms with Crippen molar-refractivity contribution in [2.75, 3.05) is 5.32 Å². The molecule has 4 aromatic rings. The molecule has 0 spiro atoms. The van der Waals surface area contributed by atoms with Gasteiger partial charge in [0.25, 0.3) is 5.91 Å². The third-order valence-corrected chi connectivity index (χ3v) is 5.93. The molecule has 0 atom stereocenters. The molecule has 0 saturated carbocycles. The highest BCUT2D eigenvalue weighted by Crippen LogP contribution is 2.27. The number of carbonyl (C=O) groups is 1. The number of carbonyl (C=O) groups excluding carboxylic acids is 1. The molecule has 0 aliphatic carbocycles. The van der Waals surface area contributed by atoms with E-state index in [1.54, 1.807) is 18.2 Å². The fraction of sp³-hybridized carbons (Fsp3) is 0.150. The van der Waals surface area contributed by atoms with E-state index in [1.807, 2.05) is 18.4 Å². The molecule has 0 bridgehead atoms. The molecule has 142 valence electrons. The summed E-state index contributed by atoms with van der Waals surface area (Å²) in [4.78, 5) is 30.0. The maximum absolute atomic E-state index is 13.4. The van der Waals surface area contributed by atoms with Crippen LogP contribution in [0.2, 0.25) is 5.02 Å². The second kappa shape index (κ2) is 7.00. The molecule has 28 heavy (non-hydrogen) atoms. The van der Waals surface area contributed by atoms with Crippen molar-refractivity contribution in [1.82, 2.24) is 9.55 Å². The van der Waals surface area contributed by atoms with Crippen molar-refractivity contribution in [1.29, 1.82) is 0 Å². The van der Waals surface area contributed by atoms with Crippen LogP contribution in [0.25, 0.3) is 21.1 Å². The SMILES string of the molecule is CCn1cc(C(=O)Nc2nc3ccc(F)cc3s2)c(=O)c2ccc(Cl)c(C)c21. The summed E-state index contributed by atoms with van der Waals surface area (Å²) in [5.41, 5.74) is 1.73. The number of nitrogens with one attached hydrogen (secondary N) is 1. The second-order valence-corrected chi connectivity index (χ2v) is 7.75. The Morgan fingerprint density at radius 3 is 2.86 bits per heavy atom. The molecule has 5 nitrogen and oxygen atoms in total. The number of anilines is 1. The number of rotatable bonds is 3. The van der Waals surface area contributed by atoms with Crippen molar-refractivity contribution in [3.8, 4) is 0 Å². The summed E-state index contributed by atoms with van der Waals surface area (Å²) in [5, 5.41) is 3.96. The molecule has 1 amide bonds. The number of aromatic nitrogens is 2. The van der Waals surface area contributed by atoms with Crippen LogP contribution < -0.4 is 10.7 Å². The Hall–Kier alpha value is -2.77. The van der Waals surface area contributed by atoms with Gasteiger partial charge in [-0.2, -0.15) is 0 Å². The van der Waals surface area contributed by atoms with Gasteiger partial charge < -0.3 is 4.57 Å². The van der Waals surface area contributed by atoms with Gasteiger partial charge in [0, 0.05) is 23.2 Å². The monoisotopic (exact) mass is 415 g/mol. The molecule has 0 fully saturated rings. The van der Waals surface area contributed by atoms with Gasteiger partial charge in [-0.25, -0.2) is 9.37 Å². The molecular weight excluding hydrogens is 401 g/mol. The number of aryl methyl sites for hydroxylation is 2. The average Bonchev–Trinajstić information content (AvgIpc) is 3.06. The number of amides is 1. The molecule has 8 heteroatoms. The summed E-state index contributed by atoms with van der Waals surface area (Å²) in [5.74, 6) is -0.926. The summed E-state index contributed by atoms with van der Waals surface area (Å²) < 4.78 is 15.8.